The number of halogens is 1. The Bertz CT molecular complexity index is 804. The van der Waals surface area contributed by atoms with Gasteiger partial charge in [0.1, 0.15) is 0 Å². The molecule has 0 bridgehead atoms. The van der Waals surface area contributed by atoms with Crippen LogP contribution in [-0.2, 0) is 16.6 Å². The molecule has 0 heterocycles. The van der Waals surface area contributed by atoms with Gasteiger partial charge in [0, 0.05) is 18.6 Å². The molecule has 0 aliphatic rings. The lowest BCUT2D eigenvalue weighted by molar-refractivity contribution is 0.0786. The van der Waals surface area contributed by atoms with Crippen molar-refractivity contribution in [1.82, 2.24) is 4.90 Å². The van der Waals surface area contributed by atoms with Crippen molar-refractivity contribution in [1.29, 1.82) is 0 Å². The Kier molecular flexibility index (Phi) is 5.28. The molecule has 23 heavy (non-hydrogen) atoms. The summed E-state index contributed by atoms with van der Waals surface area (Å²) in [5, 5.41) is 0.630. The van der Waals surface area contributed by atoms with Gasteiger partial charge in [-0.15, -0.1) is 0 Å². The van der Waals surface area contributed by atoms with Crippen LogP contribution in [0.25, 0.3) is 0 Å². The second-order valence-electron chi connectivity index (χ2n) is 5.21. The number of para-hydroxylation sites is 1. The van der Waals surface area contributed by atoms with Gasteiger partial charge >= 0.3 is 0 Å². The number of hydrogen-bond donors (Lipinski definition) is 1. The predicted octanol–water partition coefficient (Wildman–Crippen LogP) is 2.98. The van der Waals surface area contributed by atoms with Gasteiger partial charge < -0.3 is 4.90 Å². The molecule has 0 aliphatic heterocycles. The Hall–Kier alpha value is -2.05. The minimum absolute atomic E-state index is 0.267. The molecule has 122 valence electrons. The van der Waals surface area contributed by atoms with Crippen LogP contribution in [0, 0.1) is 0 Å². The van der Waals surface area contributed by atoms with Crippen molar-refractivity contribution in [3.8, 4) is 0 Å². The lowest BCUT2D eigenvalue weighted by atomic mass is 10.1. The van der Waals surface area contributed by atoms with E-state index in [-0.39, 0.29) is 11.6 Å². The number of benzene rings is 2. The zero-order chi connectivity index (χ0) is 17.0. The van der Waals surface area contributed by atoms with Gasteiger partial charge in [-0.25, -0.2) is 8.42 Å². The standard InChI is InChI=1S/C16H17ClN2O3S/c1-19(11-12-7-9-13(17)10-8-12)16(20)14-5-3-4-6-15(14)18-23(2,21)22/h3-10,18H,11H2,1-2H3. The molecule has 1 N–H and O–H groups in total. The molecular weight excluding hydrogens is 336 g/mol. The smallest absolute Gasteiger partial charge is 0.256 e. The lowest BCUT2D eigenvalue weighted by Gasteiger charge is -2.19. The van der Waals surface area contributed by atoms with Crippen LogP contribution >= 0.6 is 11.6 Å². The Balaban J connectivity index is 2.21. The van der Waals surface area contributed by atoms with Gasteiger partial charge in [-0.2, -0.15) is 0 Å². The molecule has 0 aliphatic carbocycles. The number of carbonyl (C=O) groups is 1. The molecule has 0 atom stereocenters. The Labute approximate surface area is 140 Å². The number of hydrogen-bond acceptors (Lipinski definition) is 3. The average Bonchev–Trinajstić information content (AvgIpc) is 2.48. The Morgan fingerprint density at radius 2 is 1.74 bits per heavy atom. The summed E-state index contributed by atoms with van der Waals surface area (Å²) >= 11 is 5.84. The van der Waals surface area contributed by atoms with E-state index < -0.39 is 10.0 Å². The predicted molar refractivity (Wildman–Crippen MR) is 92.2 cm³/mol. The van der Waals surface area contributed by atoms with Crippen LogP contribution in [0.1, 0.15) is 15.9 Å². The highest BCUT2D eigenvalue weighted by Gasteiger charge is 2.17. The summed E-state index contributed by atoms with van der Waals surface area (Å²) in [4.78, 5) is 14.1. The zero-order valence-electron chi connectivity index (χ0n) is 12.8. The molecule has 0 unspecified atom stereocenters. The van der Waals surface area contributed by atoms with Gasteiger partial charge in [-0.3, -0.25) is 9.52 Å². The molecule has 0 spiro atoms. The number of carbonyl (C=O) groups excluding carboxylic acids is 1. The highest BCUT2D eigenvalue weighted by molar-refractivity contribution is 7.92. The van der Waals surface area contributed by atoms with Crippen molar-refractivity contribution in [3.05, 3.63) is 64.7 Å². The van der Waals surface area contributed by atoms with Crippen molar-refractivity contribution in [2.75, 3.05) is 18.0 Å². The van der Waals surface area contributed by atoms with Crippen LogP contribution in [0.4, 0.5) is 5.69 Å². The summed E-state index contributed by atoms with van der Waals surface area (Å²) in [7, 11) is -1.80. The van der Waals surface area contributed by atoms with Crippen LogP contribution in [0.2, 0.25) is 5.02 Å². The number of nitrogens with zero attached hydrogens (tertiary/aromatic N) is 1. The van der Waals surface area contributed by atoms with Crippen molar-refractivity contribution >= 4 is 33.2 Å². The second-order valence-corrected chi connectivity index (χ2v) is 7.39. The van der Waals surface area contributed by atoms with Crippen molar-refractivity contribution in [2.45, 2.75) is 6.54 Å². The molecule has 0 radical (unpaired) electrons. The lowest BCUT2D eigenvalue weighted by Crippen LogP contribution is -2.27. The van der Waals surface area contributed by atoms with Crippen LogP contribution < -0.4 is 4.72 Å². The fourth-order valence-electron chi connectivity index (χ4n) is 2.10. The van der Waals surface area contributed by atoms with E-state index in [0.717, 1.165) is 11.8 Å². The molecule has 0 saturated carbocycles. The highest BCUT2D eigenvalue weighted by Crippen LogP contribution is 2.19. The minimum atomic E-state index is -3.46. The molecule has 0 saturated heterocycles. The third-order valence-electron chi connectivity index (χ3n) is 3.13. The van der Waals surface area contributed by atoms with Gasteiger partial charge in [-0.05, 0) is 29.8 Å². The first kappa shape index (κ1) is 17.3. The van der Waals surface area contributed by atoms with Crippen molar-refractivity contribution in [2.24, 2.45) is 0 Å². The first-order valence-electron chi connectivity index (χ1n) is 6.83. The number of anilines is 1. The van der Waals surface area contributed by atoms with E-state index in [9.17, 15) is 13.2 Å². The van der Waals surface area contributed by atoms with Crippen LogP contribution in [-0.4, -0.2) is 32.5 Å². The molecular formula is C16H17ClN2O3S. The van der Waals surface area contributed by atoms with E-state index >= 15 is 0 Å². The number of nitrogens with one attached hydrogen (secondary N) is 1. The average molecular weight is 353 g/mol. The third kappa shape index (κ3) is 4.97. The summed E-state index contributed by atoms with van der Waals surface area (Å²) in [6, 6.07) is 13.7. The maximum atomic E-state index is 12.6. The summed E-state index contributed by atoms with van der Waals surface area (Å²) in [6.45, 7) is 0.392. The third-order valence-corrected chi connectivity index (χ3v) is 3.98. The quantitative estimate of drug-likeness (QED) is 0.899. The first-order valence-corrected chi connectivity index (χ1v) is 9.10. The van der Waals surface area contributed by atoms with Crippen LogP contribution in [0.15, 0.2) is 48.5 Å². The molecule has 2 rings (SSSR count). The Morgan fingerprint density at radius 3 is 2.35 bits per heavy atom. The van der Waals surface area contributed by atoms with Gasteiger partial charge in [0.15, 0.2) is 0 Å². The molecule has 0 aromatic heterocycles. The number of sulfonamides is 1. The topological polar surface area (TPSA) is 66.5 Å². The van der Waals surface area contributed by atoms with E-state index in [1.165, 1.54) is 4.90 Å². The van der Waals surface area contributed by atoms with Gasteiger partial charge in [0.05, 0.1) is 17.5 Å². The molecule has 7 heteroatoms. The van der Waals surface area contributed by atoms with Crippen LogP contribution in [0.3, 0.4) is 0 Å². The Morgan fingerprint density at radius 1 is 1.13 bits per heavy atom. The van der Waals surface area contributed by atoms with Gasteiger partial charge in [-0.1, -0.05) is 35.9 Å². The molecule has 2 aromatic rings. The van der Waals surface area contributed by atoms with E-state index in [1.807, 2.05) is 12.1 Å². The summed E-state index contributed by atoms with van der Waals surface area (Å²) in [5.41, 5.74) is 1.50. The zero-order valence-corrected chi connectivity index (χ0v) is 14.4. The SMILES string of the molecule is CN(Cc1ccc(Cl)cc1)C(=O)c1ccccc1NS(C)(=O)=O. The van der Waals surface area contributed by atoms with Gasteiger partial charge in [0.25, 0.3) is 5.91 Å². The van der Waals surface area contributed by atoms with Gasteiger partial charge in [0.2, 0.25) is 10.0 Å². The molecule has 5 nitrogen and oxygen atoms in total. The van der Waals surface area contributed by atoms with Crippen molar-refractivity contribution < 1.29 is 13.2 Å². The van der Waals surface area contributed by atoms with E-state index in [0.29, 0.717) is 17.1 Å². The highest BCUT2D eigenvalue weighted by atomic mass is 35.5. The summed E-state index contributed by atoms with van der Waals surface area (Å²) < 4.78 is 25.2. The molecule has 0 fully saturated rings. The maximum absolute atomic E-state index is 12.6. The van der Waals surface area contributed by atoms with E-state index in [1.54, 1.807) is 43.4 Å². The maximum Gasteiger partial charge on any atom is 0.256 e. The fourth-order valence-corrected chi connectivity index (χ4v) is 2.80. The van der Waals surface area contributed by atoms with E-state index in [2.05, 4.69) is 4.72 Å². The van der Waals surface area contributed by atoms with E-state index in [4.69, 9.17) is 11.6 Å². The summed E-state index contributed by atoms with van der Waals surface area (Å²) in [6.07, 6.45) is 1.05. The number of rotatable bonds is 5. The largest absolute Gasteiger partial charge is 0.337 e. The summed E-state index contributed by atoms with van der Waals surface area (Å²) in [5.74, 6) is -0.272. The van der Waals surface area contributed by atoms with Crippen LogP contribution in [0.5, 0.6) is 0 Å². The monoisotopic (exact) mass is 352 g/mol. The van der Waals surface area contributed by atoms with Crippen molar-refractivity contribution in [3.63, 3.8) is 0 Å². The fraction of sp³-hybridized carbons (Fsp3) is 0.188. The first-order chi connectivity index (χ1) is 10.8. The minimum Gasteiger partial charge on any atom is -0.337 e. The number of amides is 1. The normalized spacial score (nSPS) is 11.1. The second kappa shape index (κ2) is 7.02. The molecule has 1 amide bonds. The molecule has 2 aromatic carbocycles.